The zero-order chi connectivity index (χ0) is 19.6. The van der Waals surface area contributed by atoms with Crippen LogP contribution < -0.4 is 0 Å². The van der Waals surface area contributed by atoms with Gasteiger partial charge in [0.05, 0.1) is 4.90 Å². The standard InChI is InChI=1S/C24H17ClO2S/c25-28(26,27)24-22(19-12-6-2-7-13-19)16-21(18-10-4-1-5-11-18)17-23(24)20-14-8-3-9-15-20/h1-17H. The Balaban J connectivity index is 2.12. The number of hydrogen-bond donors (Lipinski definition) is 0. The van der Waals surface area contributed by atoms with E-state index in [9.17, 15) is 8.42 Å². The van der Waals surface area contributed by atoms with Crippen LogP contribution in [-0.4, -0.2) is 8.42 Å². The molecule has 0 radical (unpaired) electrons. The van der Waals surface area contributed by atoms with Crippen molar-refractivity contribution in [1.29, 1.82) is 0 Å². The highest BCUT2D eigenvalue weighted by Gasteiger charge is 2.24. The Hall–Kier alpha value is -2.88. The van der Waals surface area contributed by atoms with Crippen molar-refractivity contribution in [2.45, 2.75) is 4.90 Å². The van der Waals surface area contributed by atoms with E-state index in [-0.39, 0.29) is 4.90 Å². The van der Waals surface area contributed by atoms with E-state index in [2.05, 4.69) is 0 Å². The van der Waals surface area contributed by atoms with Gasteiger partial charge < -0.3 is 0 Å². The second-order valence-electron chi connectivity index (χ2n) is 6.44. The van der Waals surface area contributed by atoms with Crippen molar-refractivity contribution in [3.05, 3.63) is 103 Å². The van der Waals surface area contributed by atoms with E-state index in [1.807, 2.05) is 103 Å². The zero-order valence-corrected chi connectivity index (χ0v) is 16.5. The van der Waals surface area contributed by atoms with Crippen molar-refractivity contribution in [1.82, 2.24) is 0 Å². The van der Waals surface area contributed by atoms with Gasteiger partial charge in [0.1, 0.15) is 0 Å². The van der Waals surface area contributed by atoms with Crippen molar-refractivity contribution in [3.8, 4) is 33.4 Å². The Bertz CT molecular complexity index is 1140. The third-order valence-corrected chi connectivity index (χ3v) is 6.00. The second-order valence-corrected chi connectivity index (χ2v) is 8.94. The first kappa shape index (κ1) is 18.5. The third kappa shape index (κ3) is 3.72. The molecule has 0 aliphatic rings. The van der Waals surface area contributed by atoms with E-state index < -0.39 is 9.05 Å². The summed E-state index contributed by atoms with van der Waals surface area (Å²) in [4.78, 5) is 0.131. The van der Waals surface area contributed by atoms with Crippen LogP contribution in [0.2, 0.25) is 0 Å². The second kappa shape index (κ2) is 7.63. The van der Waals surface area contributed by atoms with Crippen LogP contribution in [0.15, 0.2) is 108 Å². The minimum Gasteiger partial charge on any atom is -0.207 e. The molecule has 0 spiro atoms. The fourth-order valence-electron chi connectivity index (χ4n) is 3.35. The molecular formula is C24H17ClO2S. The summed E-state index contributed by atoms with van der Waals surface area (Å²) in [7, 11) is 1.95. The number of hydrogen-bond acceptors (Lipinski definition) is 2. The predicted octanol–water partition coefficient (Wildman–Crippen LogP) is 6.62. The monoisotopic (exact) mass is 404 g/mol. The van der Waals surface area contributed by atoms with Crippen LogP contribution in [0.25, 0.3) is 33.4 Å². The van der Waals surface area contributed by atoms with Crippen molar-refractivity contribution >= 4 is 19.7 Å². The summed E-state index contributed by atoms with van der Waals surface area (Å²) in [6.07, 6.45) is 0. The van der Waals surface area contributed by atoms with Crippen LogP contribution in [-0.2, 0) is 9.05 Å². The van der Waals surface area contributed by atoms with Crippen LogP contribution in [0.3, 0.4) is 0 Å². The van der Waals surface area contributed by atoms with Gasteiger partial charge in [-0.1, -0.05) is 91.0 Å². The lowest BCUT2D eigenvalue weighted by molar-refractivity contribution is 0.610. The molecule has 4 aromatic rings. The van der Waals surface area contributed by atoms with Crippen molar-refractivity contribution in [2.24, 2.45) is 0 Å². The summed E-state index contributed by atoms with van der Waals surface area (Å²) in [5.74, 6) is 0. The molecule has 0 N–H and O–H groups in total. The summed E-state index contributed by atoms with van der Waals surface area (Å²) in [5.41, 5.74) is 4.73. The van der Waals surface area contributed by atoms with Gasteiger partial charge in [0.2, 0.25) is 0 Å². The van der Waals surface area contributed by atoms with E-state index in [1.54, 1.807) is 0 Å². The first-order valence-electron chi connectivity index (χ1n) is 8.83. The molecule has 0 aliphatic heterocycles. The lowest BCUT2D eigenvalue weighted by atomic mass is 9.93. The maximum absolute atomic E-state index is 12.6. The summed E-state index contributed by atoms with van der Waals surface area (Å²) in [6.45, 7) is 0. The molecule has 0 bridgehead atoms. The van der Waals surface area contributed by atoms with Crippen molar-refractivity contribution < 1.29 is 8.42 Å². The van der Waals surface area contributed by atoms with Crippen LogP contribution >= 0.6 is 10.7 Å². The normalized spacial score (nSPS) is 11.3. The van der Waals surface area contributed by atoms with Crippen molar-refractivity contribution in [3.63, 3.8) is 0 Å². The molecule has 0 fully saturated rings. The molecule has 0 heterocycles. The van der Waals surface area contributed by atoms with Gasteiger partial charge in [-0.15, -0.1) is 0 Å². The third-order valence-electron chi connectivity index (χ3n) is 4.61. The zero-order valence-electron chi connectivity index (χ0n) is 14.9. The van der Waals surface area contributed by atoms with Gasteiger partial charge in [0.15, 0.2) is 0 Å². The molecule has 0 amide bonds. The topological polar surface area (TPSA) is 34.1 Å². The van der Waals surface area contributed by atoms with E-state index in [0.717, 1.165) is 22.3 Å². The van der Waals surface area contributed by atoms with Gasteiger partial charge in [-0.05, 0) is 34.4 Å². The molecule has 0 atom stereocenters. The van der Waals surface area contributed by atoms with Gasteiger partial charge in [-0.3, -0.25) is 0 Å². The van der Waals surface area contributed by atoms with E-state index in [0.29, 0.717) is 11.1 Å². The Morgan fingerprint density at radius 2 is 0.857 bits per heavy atom. The maximum atomic E-state index is 12.6. The molecule has 4 rings (SSSR count). The molecule has 138 valence electrons. The summed E-state index contributed by atoms with van der Waals surface area (Å²) in [5, 5.41) is 0. The van der Waals surface area contributed by atoms with Gasteiger partial charge in [0, 0.05) is 21.8 Å². The number of rotatable bonds is 4. The Labute approximate surface area is 169 Å². The molecule has 0 saturated heterocycles. The van der Waals surface area contributed by atoms with Gasteiger partial charge in [-0.2, -0.15) is 0 Å². The first-order chi connectivity index (χ1) is 13.5. The molecule has 4 heteroatoms. The van der Waals surface area contributed by atoms with Gasteiger partial charge in [0.25, 0.3) is 9.05 Å². The van der Waals surface area contributed by atoms with Gasteiger partial charge >= 0.3 is 0 Å². The molecule has 28 heavy (non-hydrogen) atoms. The van der Waals surface area contributed by atoms with E-state index in [4.69, 9.17) is 10.7 Å². The highest BCUT2D eigenvalue weighted by molar-refractivity contribution is 8.14. The fraction of sp³-hybridized carbons (Fsp3) is 0. The quantitative estimate of drug-likeness (QED) is 0.358. The minimum atomic E-state index is -3.99. The van der Waals surface area contributed by atoms with Gasteiger partial charge in [-0.25, -0.2) is 8.42 Å². The van der Waals surface area contributed by atoms with E-state index in [1.165, 1.54) is 0 Å². The van der Waals surface area contributed by atoms with Crippen LogP contribution in [0, 0.1) is 0 Å². The lowest BCUT2D eigenvalue weighted by Gasteiger charge is -2.16. The summed E-state index contributed by atoms with van der Waals surface area (Å²) in [6, 6.07) is 32.6. The van der Waals surface area contributed by atoms with Crippen molar-refractivity contribution in [2.75, 3.05) is 0 Å². The molecular weight excluding hydrogens is 388 g/mol. The predicted molar refractivity (Wildman–Crippen MR) is 116 cm³/mol. The smallest absolute Gasteiger partial charge is 0.207 e. The molecule has 0 aliphatic carbocycles. The molecule has 0 aromatic heterocycles. The molecule has 2 nitrogen and oxygen atoms in total. The highest BCUT2D eigenvalue weighted by atomic mass is 35.7. The molecule has 0 saturated carbocycles. The first-order valence-corrected chi connectivity index (χ1v) is 11.1. The Morgan fingerprint density at radius 3 is 1.21 bits per heavy atom. The lowest BCUT2D eigenvalue weighted by Crippen LogP contribution is -2.00. The summed E-state index contributed by atoms with van der Waals surface area (Å²) >= 11 is 0. The Kier molecular flexibility index (Phi) is 5.03. The largest absolute Gasteiger partial charge is 0.262 e. The summed E-state index contributed by atoms with van der Waals surface area (Å²) < 4.78 is 25.3. The fourth-order valence-corrected chi connectivity index (χ4v) is 4.73. The average Bonchev–Trinajstić information content (AvgIpc) is 2.74. The molecule has 0 unspecified atom stereocenters. The average molecular weight is 405 g/mol. The van der Waals surface area contributed by atoms with Crippen LogP contribution in [0.5, 0.6) is 0 Å². The van der Waals surface area contributed by atoms with Crippen LogP contribution in [0.1, 0.15) is 0 Å². The SMILES string of the molecule is O=S(=O)(Cl)c1c(-c2ccccc2)cc(-c2ccccc2)cc1-c1ccccc1. The van der Waals surface area contributed by atoms with E-state index >= 15 is 0 Å². The molecule has 4 aromatic carbocycles. The number of halogens is 1. The Morgan fingerprint density at radius 1 is 0.500 bits per heavy atom. The number of benzene rings is 4. The maximum Gasteiger partial charge on any atom is 0.262 e. The highest BCUT2D eigenvalue weighted by Crippen LogP contribution is 2.41. The minimum absolute atomic E-state index is 0.131. The van der Waals surface area contributed by atoms with Crippen LogP contribution in [0.4, 0.5) is 0 Å².